The minimum absolute atomic E-state index is 0.0200. The first kappa shape index (κ1) is 25.8. The summed E-state index contributed by atoms with van der Waals surface area (Å²) in [5, 5.41) is 11.4. The zero-order valence-corrected chi connectivity index (χ0v) is 21.5. The van der Waals surface area contributed by atoms with Gasteiger partial charge in [-0.25, -0.2) is 0 Å². The van der Waals surface area contributed by atoms with Crippen molar-refractivity contribution in [3.63, 3.8) is 0 Å². The van der Waals surface area contributed by atoms with Gasteiger partial charge in [0.05, 0.1) is 31.4 Å². The highest BCUT2D eigenvalue weighted by atomic mass is 16.5. The summed E-state index contributed by atoms with van der Waals surface area (Å²) in [6.07, 6.45) is 0. The monoisotopic (exact) mass is 501 g/mol. The van der Waals surface area contributed by atoms with Gasteiger partial charge in [0.1, 0.15) is 11.5 Å². The van der Waals surface area contributed by atoms with Gasteiger partial charge in [-0.1, -0.05) is 30.3 Å². The molecule has 1 unspecified atom stereocenters. The van der Waals surface area contributed by atoms with Gasteiger partial charge in [-0.2, -0.15) is 0 Å². The SMILES string of the molecule is CCOc1ccc(/C(O)=C2\C(=O)C(=O)N(c3ccc(OCC)c(OCC)c3)C2c2ccccc2)cc1C. The van der Waals surface area contributed by atoms with E-state index in [0.717, 1.165) is 5.56 Å². The van der Waals surface area contributed by atoms with Crippen LogP contribution < -0.4 is 19.1 Å². The van der Waals surface area contributed by atoms with Gasteiger partial charge in [0.2, 0.25) is 0 Å². The summed E-state index contributed by atoms with van der Waals surface area (Å²) in [6, 6.07) is 18.7. The molecular formula is C30H31NO6. The number of rotatable bonds is 9. The fourth-order valence-electron chi connectivity index (χ4n) is 4.51. The Bertz CT molecular complexity index is 1330. The minimum atomic E-state index is -0.833. The van der Waals surface area contributed by atoms with Crippen LogP contribution in [0.1, 0.15) is 43.5 Å². The number of hydrogen-bond acceptors (Lipinski definition) is 6. The molecule has 0 aliphatic carbocycles. The molecule has 1 heterocycles. The fourth-order valence-corrected chi connectivity index (χ4v) is 4.51. The van der Waals surface area contributed by atoms with Crippen LogP contribution in [-0.2, 0) is 9.59 Å². The zero-order valence-electron chi connectivity index (χ0n) is 21.5. The molecule has 0 spiro atoms. The minimum Gasteiger partial charge on any atom is -0.507 e. The molecule has 37 heavy (non-hydrogen) atoms. The third-order valence-corrected chi connectivity index (χ3v) is 6.11. The average molecular weight is 502 g/mol. The Kier molecular flexibility index (Phi) is 7.82. The molecule has 0 bridgehead atoms. The van der Waals surface area contributed by atoms with Crippen LogP contribution in [0, 0.1) is 6.92 Å². The highest BCUT2D eigenvalue weighted by Gasteiger charge is 2.47. The summed E-state index contributed by atoms with van der Waals surface area (Å²) < 4.78 is 17.0. The molecule has 1 aliphatic heterocycles. The van der Waals surface area contributed by atoms with Crippen LogP contribution in [-0.4, -0.2) is 36.6 Å². The number of aliphatic hydroxyl groups is 1. The molecule has 0 saturated carbocycles. The van der Waals surface area contributed by atoms with E-state index in [4.69, 9.17) is 14.2 Å². The number of carbonyl (C=O) groups is 2. The molecule has 192 valence electrons. The van der Waals surface area contributed by atoms with E-state index in [1.807, 2.05) is 58.0 Å². The first-order valence-electron chi connectivity index (χ1n) is 12.4. The number of aliphatic hydroxyl groups excluding tert-OH is 1. The molecular weight excluding hydrogens is 470 g/mol. The maximum absolute atomic E-state index is 13.5. The summed E-state index contributed by atoms with van der Waals surface area (Å²) in [5.41, 5.74) is 2.42. The summed E-state index contributed by atoms with van der Waals surface area (Å²) in [7, 11) is 0. The van der Waals surface area contributed by atoms with Crippen LogP contribution in [0.25, 0.3) is 5.76 Å². The Morgan fingerprint density at radius 1 is 0.811 bits per heavy atom. The smallest absolute Gasteiger partial charge is 0.300 e. The molecule has 3 aromatic rings. The van der Waals surface area contributed by atoms with E-state index in [2.05, 4.69) is 0 Å². The first-order chi connectivity index (χ1) is 17.9. The molecule has 1 saturated heterocycles. The number of amides is 1. The van der Waals surface area contributed by atoms with Gasteiger partial charge in [-0.3, -0.25) is 14.5 Å². The number of Topliss-reactive ketones (excluding diaryl/α,β-unsaturated/α-hetero) is 1. The van der Waals surface area contributed by atoms with Gasteiger partial charge in [-0.15, -0.1) is 0 Å². The molecule has 1 N–H and O–H groups in total. The van der Waals surface area contributed by atoms with Crippen molar-refractivity contribution in [3.05, 3.63) is 89.0 Å². The molecule has 0 radical (unpaired) electrons. The molecule has 1 fully saturated rings. The van der Waals surface area contributed by atoms with Crippen molar-refractivity contribution in [1.82, 2.24) is 0 Å². The zero-order chi connectivity index (χ0) is 26.5. The van der Waals surface area contributed by atoms with Crippen LogP contribution in [0.4, 0.5) is 5.69 Å². The van der Waals surface area contributed by atoms with E-state index in [0.29, 0.717) is 53.9 Å². The molecule has 0 aromatic heterocycles. The van der Waals surface area contributed by atoms with Crippen LogP contribution in [0.3, 0.4) is 0 Å². The summed E-state index contributed by atoms with van der Waals surface area (Å²) in [4.78, 5) is 28.3. The van der Waals surface area contributed by atoms with E-state index in [1.54, 1.807) is 36.4 Å². The third-order valence-electron chi connectivity index (χ3n) is 6.11. The third kappa shape index (κ3) is 5.03. The van der Waals surface area contributed by atoms with E-state index < -0.39 is 17.7 Å². The lowest BCUT2D eigenvalue weighted by Crippen LogP contribution is -2.29. The van der Waals surface area contributed by atoms with Crippen LogP contribution in [0.15, 0.2) is 72.3 Å². The van der Waals surface area contributed by atoms with Gasteiger partial charge in [0.25, 0.3) is 11.7 Å². The lowest BCUT2D eigenvalue weighted by atomic mass is 9.94. The van der Waals surface area contributed by atoms with Crippen molar-refractivity contribution in [2.75, 3.05) is 24.7 Å². The van der Waals surface area contributed by atoms with E-state index >= 15 is 0 Å². The van der Waals surface area contributed by atoms with Crippen molar-refractivity contribution in [2.45, 2.75) is 33.7 Å². The van der Waals surface area contributed by atoms with Crippen molar-refractivity contribution in [2.24, 2.45) is 0 Å². The van der Waals surface area contributed by atoms with Crippen molar-refractivity contribution in [3.8, 4) is 17.2 Å². The molecule has 3 aromatic carbocycles. The molecule has 1 aliphatic rings. The number of nitrogens with zero attached hydrogens (tertiary/aromatic N) is 1. The maximum Gasteiger partial charge on any atom is 0.300 e. The van der Waals surface area contributed by atoms with Gasteiger partial charge < -0.3 is 19.3 Å². The quantitative estimate of drug-likeness (QED) is 0.226. The van der Waals surface area contributed by atoms with Crippen molar-refractivity contribution < 1.29 is 28.9 Å². The second-order valence-corrected chi connectivity index (χ2v) is 8.49. The Balaban J connectivity index is 1.88. The van der Waals surface area contributed by atoms with E-state index in [9.17, 15) is 14.7 Å². The highest BCUT2D eigenvalue weighted by Crippen LogP contribution is 2.44. The van der Waals surface area contributed by atoms with Gasteiger partial charge >= 0.3 is 0 Å². The second-order valence-electron chi connectivity index (χ2n) is 8.49. The molecule has 1 amide bonds. The van der Waals surface area contributed by atoms with Gasteiger partial charge in [0.15, 0.2) is 11.5 Å². The predicted octanol–water partition coefficient (Wildman–Crippen LogP) is 5.82. The molecule has 7 heteroatoms. The molecule has 7 nitrogen and oxygen atoms in total. The number of ether oxygens (including phenoxy) is 3. The highest BCUT2D eigenvalue weighted by molar-refractivity contribution is 6.51. The second kappa shape index (κ2) is 11.2. The summed E-state index contributed by atoms with van der Waals surface area (Å²) in [6.45, 7) is 8.86. The molecule has 1 atom stereocenters. The van der Waals surface area contributed by atoms with Crippen LogP contribution in [0.5, 0.6) is 17.2 Å². The fraction of sp³-hybridized carbons (Fsp3) is 0.267. The average Bonchev–Trinajstić information content (AvgIpc) is 3.17. The number of carbonyl (C=O) groups excluding carboxylic acids is 2. The summed E-state index contributed by atoms with van der Waals surface area (Å²) >= 11 is 0. The van der Waals surface area contributed by atoms with Crippen LogP contribution >= 0.6 is 0 Å². The van der Waals surface area contributed by atoms with Crippen molar-refractivity contribution >= 4 is 23.1 Å². The number of anilines is 1. The Morgan fingerprint density at radius 2 is 1.43 bits per heavy atom. The van der Waals surface area contributed by atoms with Crippen LogP contribution in [0.2, 0.25) is 0 Å². The van der Waals surface area contributed by atoms with Crippen molar-refractivity contribution in [1.29, 1.82) is 0 Å². The molecule has 4 rings (SSSR count). The Labute approximate surface area is 216 Å². The lowest BCUT2D eigenvalue weighted by Gasteiger charge is -2.26. The number of benzene rings is 3. The summed E-state index contributed by atoms with van der Waals surface area (Å²) in [5.74, 6) is -0.0216. The van der Waals surface area contributed by atoms with E-state index in [1.165, 1.54) is 4.90 Å². The standard InChI is InChI=1S/C30H31NO6/c1-5-35-23-15-13-21(17-19(23)4)28(32)26-27(20-11-9-8-10-12-20)31(30(34)29(26)33)22-14-16-24(36-6-2)25(18-22)37-7-3/h8-18,27,32H,5-7H2,1-4H3/b28-26+. The predicted molar refractivity (Wildman–Crippen MR) is 142 cm³/mol. The van der Waals surface area contributed by atoms with Gasteiger partial charge in [0, 0.05) is 17.3 Å². The largest absolute Gasteiger partial charge is 0.507 e. The van der Waals surface area contributed by atoms with Gasteiger partial charge in [-0.05, 0) is 69.2 Å². The number of hydrogen-bond donors (Lipinski definition) is 1. The number of aryl methyl sites for hydroxylation is 1. The topological polar surface area (TPSA) is 85.3 Å². The maximum atomic E-state index is 13.5. The van der Waals surface area contributed by atoms with E-state index in [-0.39, 0.29) is 11.3 Å². The first-order valence-corrected chi connectivity index (χ1v) is 12.4. The normalized spacial score (nSPS) is 16.6. The lowest BCUT2D eigenvalue weighted by molar-refractivity contribution is -0.132. The Morgan fingerprint density at radius 3 is 2.08 bits per heavy atom. The Hall–Kier alpha value is -4.26. The number of ketones is 1.